The molecule has 0 fully saturated rings. The van der Waals surface area contributed by atoms with Crippen LogP contribution in [0.15, 0.2) is 32.3 Å². The normalized spacial score (nSPS) is 10.6. The lowest BCUT2D eigenvalue weighted by atomic mass is 10.2. The van der Waals surface area contributed by atoms with Crippen molar-refractivity contribution >= 4 is 39.3 Å². The summed E-state index contributed by atoms with van der Waals surface area (Å²) in [5.74, 6) is 0.423. The number of nitrogens with two attached hydrogens (primary N) is 1. The van der Waals surface area contributed by atoms with E-state index in [-0.39, 0.29) is 18.2 Å². The fraction of sp³-hybridized carbons (Fsp3) is 0.250. The van der Waals surface area contributed by atoms with Crippen molar-refractivity contribution in [3.63, 3.8) is 0 Å². The van der Waals surface area contributed by atoms with Gasteiger partial charge in [-0.2, -0.15) is 0 Å². The van der Waals surface area contributed by atoms with Crippen LogP contribution in [-0.2, 0) is 11.3 Å². The zero-order valence-corrected chi connectivity index (χ0v) is 13.1. The lowest BCUT2D eigenvalue weighted by Gasteiger charge is -2.07. The first-order valence-corrected chi connectivity index (χ1v) is 7.57. The highest BCUT2D eigenvalue weighted by Crippen LogP contribution is 2.21. The van der Waals surface area contributed by atoms with Gasteiger partial charge in [0.2, 0.25) is 11.8 Å². The number of halogens is 1. The summed E-state index contributed by atoms with van der Waals surface area (Å²) in [4.78, 5) is 11.8. The Balaban J connectivity index is 1.89. The molecular weight excluding hydrogens is 344 g/mol. The zero-order chi connectivity index (χ0) is 14.5. The zero-order valence-electron chi connectivity index (χ0n) is 10.7. The summed E-state index contributed by atoms with van der Waals surface area (Å²) in [6.45, 7) is 2.12. The molecule has 1 aromatic carbocycles. The van der Waals surface area contributed by atoms with Gasteiger partial charge in [0.25, 0.3) is 5.22 Å². The predicted molar refractivity (Wildman–Crippen MR) is 80.4 cm³/mol. The predicted octanol–water partition coefficient (Wildman–Crippen LogP) is 2.33. The number of amides is 1. The molecule has 0 saturated heterocycles. The third kappa shape index (κ3) is 4.06. The van der Waals surface area contributed by atoms with E-state index in [4.69, 9.17) is 10.2 Å². The highest BCUT2D eigenvalue weighted by molar-refractivity contribution is 9.10. The Labute approximate surface area is 128 Å². The molecule has 0 radical (unpaired) electrons. The summed E-state index contributed by atoms with van der Waals surface area (Å²) in [6, 6.07) is 5.66. The second-order valence-corrected chi connectivity index (χ2v) is 5.80. The Hall–Kier alpha value is -1.38. The van der Waals surface area contributed by atoms with Gasteiger partial charge in [-0.05, 0) is 30.7 Å². The van der Waals surface area contributed by atoms with Gasteiger partial charge in [0, 0.05) is 10.2 Å². The summed E-state index contributed by atoms with van der Waals surface area (Å²) in [5, 5.41) is 10.7. The SMILES string of the molecule is Cc1cc(Br)ccc1NC(=O)CSc1nnc(CN)o1. The molecule has 1 aromatic heterocycles. The van der Waals surface area contributed by atoms with Crippen molar-refractivity contribution in [2.24, 2.45) is 5.73 Å². The standard InChI is InChI=1S/C12H13BrN4O2S/c1-7-4-8(13)2-3-9(7)15-10(18)6-20-12-17-16-11(5-14)19-12/h2-4H,5-6,14H2,1H3,(H,15,18). The average Bonchev–Trinajstić information content (AvgIpc) is 2.88. The minimum absolute atomic E-state index is 0.132. The van der Waals surface area contributed by atoms with Crippen LogP contribution in [0.2, 0.25) is 0 Å². The minimum atomic E-state index is -0.132. The molecule has 1 amide bonds. The van der Waals surface area contributed by atoms with E-state index < -0.39 is 0 Å². The van der Waals surface area contributed by atoms with Crippen LogP contribution in [0.3, 0.4) is 0 Å². The Morgan fingerprint density at radius 3 is 2.95 bits per heavy atom. The smallest absolute Gasteiger partial charge is 0.277 e. The summed E-state index contributed by atoms with van der Waals surface area (Å²) in [6.07, 6.45) is 0. The molecule has 2 rings (SSSR count). The molecule has 20 heavy (non-hydrogen) atoms. The van der Waals surface area contributed by atoms with Gasteiger partial charge in [-0.3, -0.25) is 4.79 Å². The van der Waals surface area contributed by atoms with Crippen molar-refractivity contribution in [3.05, 3.63) is 34.1 Å². The number of hydrogen-bond donors (Lipinski definition) is 2. The summed E-state index contributed by atoms with van der Waals surface area (Å²) in [5.41, 5.74) is 7.13. The van der Waals surface area contributed by atoms with Gasteiger partial charge in [0.15, 0.2) is 0 Å². The number of thioether (sulfide) groups is 1. The molecule has 0 atom stereocenters. The molecule has 0 aliphatic rings. The molecule has 0 unspecified atom stereocenters. The molecule has 0 spiro atoms. The van der Waals surface area contributed by atoms with Crippen LogP contribution in [0.1, 0.15) is 11.5 Å². The number of benzene rings is 1. The molecular formula is C12H13BrN4O2S. The van der Waals surface area contributed by atoms with Gasteiger partial charge in [0.05, 0.1) is 12.3 Å². The molecule has 1 heterocycles. The largest absolute Gasteiger partial charge is 0.415 e. The van der Waals surface area contributed by atoms with Gasteiger partial charge in [-0.25, -0.2) is 0 Å². The quantitative estimate of drug-likeness (QED) is 0.798. The Kier molecular flexibility index (Phi) is 5.16. The number of aromatic nitrogens is 2. The molecule has 0 aliphatic heterocycles. The van der Waals surface area contributed by atoms with Gasteiger partial charge in [-0.15, -0.1) is 10.2 Å². The lowest BCUT2D eigenvalue weighted by Crippen LogP contribution is -2.14. The van der Waals surface area contributed by atoms with Crippen molar-refractivity contribution in [1.29, 1.82) is 0 Å². The van der Waals surface area contributed by atoms with Crippen molar-refractivity contribution in [2.75, 3.05) is 11.1 Å². The first-order valence-electron chi connectivity index (χ1n) is 5.79. The number of nitrogens with zero attached hydrogens (tertiary/aromatic N) is 2. The fourth-order valence-electron chi connectivity index (χ4n) is 1.46. The van der Waals surface area contributed by atoms with Gasteiger partial charge >= 0.3 is 0 Å². The molecule has 8 heteroatoms. The molecule has 2 aromatic rings. The molecule has 3 N–H and O–H groups in total. The van der Waals surface area contributed by atoms with Crippen LogP contribution >= 0.6 is 27.7 Å². The highest BCUT2D eigenvalue weighted by Gasteiger charge is 2.10. The number of hydrogen-bond acceptors (Lipinski definition) is 6. The Morgan fingerprint density at radius 1 is 1.50 bits per heavy atom. The second-order valence-electron chi connectivity index (χ2n) is 3.96. The summed E-state index contributed by atoms with van der Waals surface area (Å²) in [7, 11) is 0. The molecule has 106 valence electrons. The first-order chi connectivity index (χ1) is 9.58. The first kappa shape index (κ1) is 15.0. The maximum atomic E-state index is 11.8. The van der Waals surface area contributed by atoms with E-state index in [1.807, 2.05) is 25.1 Å². The van der Waals surface area contributed by atoms with Crippen LogP contribution in [0.25, 0.3) is 0 Å². The van der Waals surface area contributed by atoms with Gasteiger partial charge in [-0.1, -0.05) is 27.7 Å². The van der Waals surface area contributed by atoms with Crippen LogP contribution in [0.4, 0.5) is 5.69 Å². The van der Waals surface area contributed by atoms with E-state index in [0.29, 0.717) is 11.1 Å². The van der Waals surface area contributed by atoms with E-state index in [0.717, 1.165) is 15.7 Å². The van der Waals surface area contributed by atoms with Crippen molar-refractivity contribution < 1.29 is 9.21 Å². The summed E-state index contributed by atoms with van der Waals surface area (Å²) >= 11 is 4.55. The Morgan fingerprint density at radius 2 is 2.30 bits per heavy atom. The third-order valence-electron chi connectivity index (χ3n) is 2.41. The fourth-order valence-corrected chi connectivity index (χ4v) is 2.52. The minimum Gasteiger partial charge on any atom is -0.415 e. The monoisotopic (exact) mass is 356 g/mol. The van der Waals surface area contributed by atoms with Crippen molar-refractivity contribution in [2.45, 2.75) is 18.7 Å². The lowest BCUT2D eigenvalue weighted by molar-refractivity contribution is -0.113. The number of anilines is 1. The highest BCUT2D eigenvalue weighted by atomic mass is 79.9. The molecule has 0 bridgehead atoms. The topological polar surface area (TPSA) is 94.0 Å². The number of nitrogens with one attached hydrogen (secondary N) is 1. The molecule has 0 aliphatic carbocycles. The van der Waals surface area contributed by atoms with E-state index in [1.54, 1.807) is 0 Å². The van der Waals surface area contributed by atoms with Crippen molar-refractivity contribution in [3.8, 4) is 0 Å². The number of carbonyl (C=O) groups is 1. The summed E-state index contributed by atoms with van der Waals surface area (Å²) < 4.78 is 6.18. The number of rotatable bonds is 5. The van der Waals surface area contributed by atoms with Gasteiger partial charge < -0.3 is 15.5 Å². The van der Waals surface area contributed by atoms with Crippen LogP contribution in [-0.4, -0.2) is 21.9 Å². The number of carbonyl (C=O) groups excluding carboxylic acids is 1. The maximum Gasteiger partial charge on any atom is 0.277 e. The molecule has 0 saturated carbocycles. The Bertz CT molecular complexity index is 617. The van der Waals surface area contributed by atoms with Crippen LogP contribution < -0.4 is 11.1 Å². The van der Waals surface area contributed by atoms with E-state index in [2.05, 4.69) is 31.4 Å². The van der Waals surface area contributed by atoms with Gasteiger partial charge in [0.1, 0.15) is 0 Å². The third-order valence-corrected chi connectivity index (χ3v) is 3.72. The van der Waals surface area contributed by atoms with E-state index in [1.165, 1.54) is 11.8 Å². The van der Waals surface area contributed by atoms with Crippen LogP contribution in [0, 0.1) is 6.92 Å². The molecule has 6 nitrogen and oxygen atoms in total. The maximum absolute atomic E-state index is 11.8. The number of aryl methyl sites for hydroxylation is 1. The van der Waals surface area contributed by atoms with E-state index in [9.17, 15) is 4.79 Å². The second kappa shape index (κ2) is 6.87. The van der Waals surface area contributed by atoms with Crippen molar-refractivity contribution in [1.82, 2.24) is 10.2 Å². The van der Waals surface area contributed by atoms with Crippen LogP contribution in [0.5, 0.6) is 0 Å². The van der Waals surface area contributed by atoms with E-state index >= 15 is 0 Å². The average molecular weight is 357 g/mol.